The Balaban J connectivity index is 2.15. The molecule has 3 heteroatoms. The number of unbranched alkanes of at least 4 members (excludes halogenated alkanes) is 5. The summed E-state index contributed by atoms with van der Waals surface area (Å²) in [6.45, 7) is 2.82. The number of anilines is 1. The van der Waals surface area contributed by atoms with Crippen LogP contribution >= 0.6 is 0 Å². The highest BCUT2D eigenvalue weighted by Crippen LogP contribution is 2.22. The summed E-state index contributed by atoms with van der Waals surface area (Å²) in [4.78, 5) is 0. The number of ether oxygens (including phenoxy) is 1. The van der Waals surface area contributed by atoms with E-state index in [0.29, 0.717) is 18.0 Å². The van der Waals surface area contributed by atoms with E-state index < -0.39 is 0 Å². The smallest absolute Gasteiger partial charge is 0.145 e. The van der Waals surface area contributed by atoms with E-state index in [4.69, 9.17) is 10.5 Å². The molecule has 0 fully saturated rings. The van der Waals surface area contributed by atoms with E-state index in [1.165, 1.54) is 43.9 Å². The molecule has 1 aromatic carbocycles. The third kappa shape index (κ3) is 5.57. The van der Waals surface area contributed by atoms with Crippen LogP contribution < -0.4 is 10.5 Å². The molecule has 0 aliphatic heterocycles. The minimum atomic E-state index is -0.308. The van der Waals surface area contributed by atoms with Gasteiger partial charge >= 0.3 is 0 Å². The van der Waals surface area contributed by atoms with Gasteiger partial charge in [-0.2, -0.15) is 0 Å². The van der Waals surface area contributed by atoms with Crippen molar-refractivity contribution < 1.29 is 9.13 Å². The van der Waals surface area contributed by atoms with Crippen LogP contribution in [0.15, 0.2) is 18.2 Å². The third-order valence-corrected chi connectivity index (χ3v) is 2.73. The molecule has 0 saturated heterocycles. The fraction of sp³-hybridized carbons (Fsp3) is 0.571. The van der Waals surface area contributed by atoms with Crippen LogP contribution in [0.25, 0.3) is 0 Å². The van der Waals surface area contributed by atoms with E-state index in [1.54, 1.807) is 0 Å². The molecule has 0 heterocycles. The summed E-state index contributed by atoms with van der Waals surface area (Å²) in [6, 6.07) is 4.21. The zero-order valence-corrected chi connectivity index (χ0v) is 10.5. The second-order valence-corrected chi connectivity index (χ2v) is 4.30. The van der Waals surface area contributed by atoms with Gasteiger partial charge in [0.2, 0.25) is 0 Å². The molecule has 2 nitrogen and oxygen atoms in total. The van der Waals surface area contributed by atoms with E-state index in [0.717, 1.165) is 12.8 Å². The molecule has 0 bridgehead atoms. The fourth-order valence-electron chi connectivity index (χ4n) is 1.70. The van der Waals surface area contributed by atoms with E-state index in [-0.39, 0.29) is 5.82 Å². The lowest BCUT2D eigenvalue weighted by molar-refractivity contribution is 0.304. The van der Waals surface area contributed by atoms with Crippen molar-refractivity contribution in [2.45, 2.75) is 45.4 Å². The number of hydrogen-bond donors (Lipinski definition) is 1. The Kier molecular flexibility index (Phi) is 6.45. The van der Waals surface area contributed by atoms with Crippen molar-refractivity contribution in [2.24, 2.45) is 0 Å². The average molecular weight is 239 g/mol. The largest absolute Gasteiger partial charge is 0.491 e. The first-order valence-corrected chi connectivity index (χ1v) is 6.42. The Morgan fingerprint density at radius 1 is 1.12 bits per heavy atom. The van der Waals surface area contributed by atoms with Gasteiger partial charge in [-0.3, -0.25) is 0 Å². The topological polar surface area (TPSA) is 35.2 Å². The van der Waals surface area contributed by atoms with Gasteiger partial charge in [0.1, 0.15) is 11.6 Å². The van der Waals surface area contributed by atoms with Crippen molar-refractivity contribution in [2.75, 3.05) is 12.3 Å². The Morgan fingerprint density at radius 3 is 2.59 bits per heavy atom. The van der Waals surface area contributed by atoms with Crippen molar-refractivity contribution in [1.82, 2.24) is 0 Å². The van der Waals surface area contributed by atoms with E-state index in [1.807, 2.05) is 0 Å². The van der Waals surface area contributed by atoms with Gasteiger partial charge in [-0.25, -0.2) is 4.39 Å². The summed E-state index contributed by atoms with van der Waals surface area (Å²) in [7, 11) is 0. The molecule has 0 unspecified atom stereocenters. The monoisotopic (exact) mass is 239 g/mol. The summed E-state index contributed by atoms with van der Waals surface area (Å²) >= 11 is 0. The number of hydrogen-bond acceptors (Lipinski definition) is 2. The van der Waals surface area contributed by atoms with Crippen LogP contribution in [-0.2, 0) is 0 Å². The minimum Gasteiger partial charge on any atom is -0.491 e. The van der Waals surface area contributed by atoms with Crippen LogP contribution in [0.4, 0.5) is 10.1 Å². The van der Waals surface area contributed by atoms with Gasteiger partial charge in [-0.1, -0.05) is 39.0 Å². The second kappa shape index (κ2) is 7.93. The quantitative estimate of drug-likeness (QED) is 0.546. The first-order valence-electron chi connectivity index (χ1n) is 6.42. The lowest BCUT2D eigenvalue weighted by atomic mass is 10.1. The number of nitrogen functional groups attached to an aromatic ring is 1. The van der Waals surface area contributed by atoms with Crippen molar-refractivity contribution in [3.05, 3.63) is 24.0 Å². The summed E-state index contributed by atoms with van der Waals surface area (Å²) in [5.41, 5.74) is 6.18. The van der Waals surface area contributed by atoms with Crippen LogP contribution in [0.1, 0.15) is 45.4 Å². The van der Waals surface area contributed by atoms with Crippen LogP contribution in [0.5, 0.6) is 5.75 Å². The Hall–Kier alpha value is -1.25. The summed E-state index contributed by atoms with van der Waals surface area (Å²) in [5, 5.41) is 0. The number of rotatable bonds is 8. The maximum Gasteiger partial charge on any atom is 0.145 e. The molecular weight excluding hydrogens is 217 g/mol. The maximum absolute atomic E-state index is 12.9. The summed E-state index contributed by atoms with van der Waals surface area (Å²) in [6.07, 6.45) is 7.26. The zero-order chi connectivity index (χ0) is 12.5. The number of benzene rings is 1. The van der Waals surface area contributed by atoms with Crippen molar-refractivity contribution in [3.63, 3.8) is 0 Å². The molecular formula is C14H22FNO. The molecule has 17 heavy (non-hydrogen) atoms. The molecule has 0 atom stereocenters. The highest BCUT2D eigenvalue weighted by molar-refractivity contribution is 5.52. The lowest BCUT2D eigenvalue weighted by Crippen LogP contribution is -2.00. The highest BCUT2D eigenvalue weighted by Gasteiger charge is 2.01. The van der Waals surface area contributed by atoms with Gasteiger partial charge in [-0.15, -0.1) is 0 Å². The van der Waals surface area contributed by atoms with Crippen molar-refractivity contribution in [1.29, 1.82) is 0 Å². The van der Waals surface area contributed by atoms with E-state index in [2.05, 4.69) is 6.92 Å². The minimum absolute atomic E-state index is 0.308. The summed E-state index contributed by atoms with van der Waals surface area (Å²) < 4.78 is 18.4. The number of halogens is 1. The Morgan fingerprint density at radius 2 is 1.82 bits per heavy atom. The van der Waals surface area contributed by atoms with E-state index >= 15 is 0 Å². The second-order valence-electron chi connectivity index (χ2n) is 4.30. The van der Waals surface area contributed by atoms with Crippen LogP contribution in [-0.4, -0.2) is 6.61 Å². The molecule has 0 aliphatic rings. The predicted molar refractivity (Wildman–Crippen MR) is 69.7 cm³/mol. The zero-order valence-electron chi connectivity index (χ0n) is 10.5. The number of nitrogens with two attached hydrogens (primary N) is 1. The molecule has 0 radical (unpaired) electrons. The molecule has 0 saturated carbocycles. The maximum atomic E-state index is 12.9. The Bertz CT molecular complexity index is 328. The molecule has 1 rings (SSSR count). The molecule has 96 valence electrons. The molecule has 1 aromatic rings. The van der Waals surface area contributed by atoms with Gasteiger partial charge < -0.3 is 10.5 Å². The molecule has 0 aromatic heterocycles. The van der Waals surface area contributed by atoms with Crippen LogP contribution in [0, 0.1) is 5.82 Å². The lowest BCUT2D eigenvalue weighted by Gasteiger charge is -2.08. The van der Waals surface area contributed by atoms with Gasteiger partial charge in [0.25, 0.3) is 0 Å². The van der Waals surface area contributed by atoms with Gasteiger partial charge in [-0.05, 0) is 18.6 Å². The summed E-state index contributed by atoms with van der Waals surface area (Å²) in [5.74, 6) is 0.149. The molecule has 0 amide bonds. The van der Waals surface area contributed by atoms with Crippen molar-refractivity contribution >= 4 is 5.69 Å². The average Bonchev–Trinajstić information content (AvgIpc) is 2.32. The SMILES string of the molecule is CCCCCCCCOc1cc(F)ccc1N. The van der Waals surface area contributed by atoms with Crippen LogP contribution in [0.3, 0.4) is 0 Å². The first-order chi connectivity index (χ1) is 8.24. The van der Waals surface area contributed by atoms with Gasteiger partial charge in [0, 0.05) is 6.07 Å². The van der Waals surface area contributed by atoms with E-state index in [9.17, 15) is 4.39 Å². The predicted octanol–water partition coefficient (Wildman–Crippen LogP) is 4.15. The Labute approximate surface area is 103 Å². The van der Waals surface area contributed by atoms with Gasteiger partial charge in [0.05, 0.1) is 12.3 Å². The van der Waals surface area contributed by atoms with Crippen LogP contribution in [0.2, 0.25) is 0 Å². The molecule has 0 spiro atoms. The van der Waals surface area contributed by atoms with Gasteiger partial charge in [0.15, 0.2) is 0 Å². The molecule has 0 aliphatic carbocycles. The molecule has 2 N–H and O–H groups in total. The normalized spacial score (nSPS) is 10.5. The first kappa shape index (κ1) is 13.8. The standard InChI is InChI=1S/C14H22FNO/c1-2-3-4-5-6-7-10-17-14-11-12(15)8-9-13(14)16/h8-9,11H,2-7,10,16H2,1H3. The highest BCUT2D eigenvalue weighted by atomic mass is 19.1. The third-order valence-electron chi connectivity index (χ3n) is 2.73. The van der Waals surface area contributed by atoms with Crippen molar-refractivity contribution in [3.8, 4) is 5.75 Å². The fourth-order valence-corrected chi connectivity index (χ4v) is 1.70.